The average molecular weight is 291 g/mol. The van der Waals surface area contributed by atoms with Crippen molar-refractivity contribution >= 4 is 0 Å². The third kappa shape index (κ3) is 5.48. The van der Waals surface area contributed by atoms with Crippen molar-refractivity contribution in [1.82, 2.24) is 5.32 Å². The smallest absolute Gasteiger partial charge is 0.392 e. The minimum absolute atomic E-state index is 0.187. The second-order valence-corrected chi connectivity index (χ2v) is 4.74. The fourth-order valence-corrected chi connectivity index (χ4v) is 1.83. The predicted octanol–water partition coefficient (Wildman–Crippen LogP) is 2.49. The monoisotopic (exact) mass is 291 g/mol. The van der Waals surface area contributed by atoms with Crippen LogP contribution in [0, 0.1) is 0 Å². The molecule has 2 atom stereocenters. The first-order valence-corrected chi connectivity index (χ1v) is 6.58. The number of aliphatic hydroxyl groups excluding tert-OH is 2. The zero-order chi connectivity index (χ0) is 15.2. The van der Waals surface area contributed by atoms with Gasteiger partial charge in [-0.2, -0.15) is 13.2 Å². The van der Waals surface area contributed by atoms with Gasteiger partial charge in [0.25, 0.3) is 0 Å². The molecule has 0 bridgehead atoms. The van der Waals surface area contributed by atoms with Crippen LogP contribution < -0.4 is 5.32 Å². The van der Waals surface area contributed by atoms with Crippen LogP contribution in [0.1, 0.15) is 37.0 Å². The Morgan fingerprint density at radius 2 is 1.70 bits per heavy atom. The average Bonchev–Trinajstić information content (AvgIpc) is 2.38. The van der Waals surface area contributed by atoms with Gasteiger partial charge < -0.3 is 15.5 Å². The Labute approximate surface area is 116 Å². The molecule has 2 unspecified atom stereocenters. The number of nitrogens with one attached hydrogen (secondary N) is 1. The van der Waals surface area contributed by atoms with Crippen molar-refractivity contribution in [2.75, 3.05) is 13.1 Å². The SMILES string of the molecule is CCCC(O)CNCC(O)c1ccc(C(F)(F)F)cc1. The van der Waals surface area contributed by atoms with Gasteiger partial charge >= 0.3 is 6.18 Å². The number of aliphatic hydroxyl groups is 2. The Kier molecular flexibility index (Phi) is 6.45. The van der Waals surface area contributed by atoms with E-state index in [9.17, 15) is 23.4 Å². The molecular weight excluding hydrogens is 271 g/mol. The highest BCUT2D eigenvalue weighted by Crippen LogP contribution is 2.29. The minimum Gasteiger partial charge on any atom is -0.392 e. The fourth-order valence-electron chi connectivity index (χ4n) is 1.83. The van der Waals surface area contributed by atoms with Crippen LogP contribution in [0.2, 0.25) is 0 Å². The highest BCUT2D eigenvalue weighted by atomic mass is 19.4. The Bertz CT molecular complexity index is 392. The van der Waals surface area contributed by atoms with Crippen LogP contribution in [0.25, 0.3) is 0 Å². The van der Waals surface area contributed by atoms with Crippen LogP contribution in [0.3, 0.4) is 0 Å². The van der Waals surface area contributed by atoms with Crippen molar-refractivity contribution in [2.45, 2.75) is 38.1 Å². The normalized spacial score (nSPS) is 15.1. The number of hydrogen-bond donors (Lipinski definition) is 3. The lowest BCUT2D eigenvalue weighted by molar-refractivity contribution is -0.137. The zero-order valence-corrected chi connectivity index (χ0v) is 11.3. The number of alkyl halides is 3. The van der Waals surface area contributed by atoms with Gasteiger partial charge in [0.1, 0.15) is 0 Å². The lowest BCUT2D eigenvalue weighted by Gasteiger charge is -2.15. The van der Waals surface area contributed by atoms with Crippen LogP contribution in [0.4, 0.5) is 13.2 Å². The summed E-state index contributed by atoms with van der Waals surface area (Å²) in [5.41, 5.74) is -0.324. The largest absolute Gasteiger partial charge is 0.416 e. The van der Waals surface area contributed by atoms with E-state index in [0.717, 1.165) is 18.6 Å². The Morgan fingerprint density at radius 3 is 2.20 bits per heavy atom. The number of hydrogen-bond acceptors (Lipinski definition) is 3. The predicted molar refractivity (Wildman–Crippen MR) is 70.2 cm³/mol. The molecule has 0 aromatic heterocycles. The molecule has 0 radical (unpaired) electrons. The van der Waals surface area contributed by atoms with E-state index >= 15 is 0 Å². The van der Waals surface area contributed by atoms with Gasteiger partial charge in [0.15, 0.2) is 0 Å². The lowest BCUT2D eigenvalue weighted by Crippen LogP contribution is -2.30. The molecule has 0 spiro atoms. The summed E-state index contributed by atoms with van der Waals surface area (Å²) in [7, 11) is 0. The molecule has 1 aromatic rings. The Balaban J connectivity index is 2.46. The summed E-state index contributed by atoms with van der Waals surface area (Å²) in [6, 6.07) is 4.42. The van der Waals surface area contributed by atoms with E-state index in [1.807, 2.05) is 6.92 Å². The molecule has 6 heteroatoms. The first-order chi connectivity index (χ1) is 9.34. The molecule has 3 nitrogen and oxygen atoms in total. The molecule has 0 heterocycles. The second kappa shape index (κ2) is 7.61. The van der Waals surface area contributed by atoms with E-state index < -0.39 is 23.9 Å². The zero-order valence-electron chi connectivity index (χ0n) is 11.3. The third-order valence-corrected chi connectivity index (χ3v) is 2.96. The summed E-state index contributed by atoms with van der Waals surface area (Å²) in [5.74, 6) is 0. The number of rotatable bonds is 7. The molecule has 0 fully saturated rings. The topological polar surface area (TPSA) is 52.5 Å². The molecule has 114 valence electrons. The van der Waals surface area contributed by atoms with Crippen LogP contribution in [-0.4, -0.2) is 29.4 Å². The summed E-state index contributed by atoms with van der Waals surface area (Å²) < 4.78 is 37.1. The third-order valence-electron chi connectivity index (χ3n) is 2.96. The van der Waals surface area contributed by atoms with E-state index in [-0.39, 0.29) is 6.54 Å². The molecule has 0 aliphatic heterocycles. The van der Waals surface area contributed by atoms with E-state index in [4.69, 9.17) is 0 Å². The fraction of sp³-hybridized carbons (Fsp3) is 0.571. The summed E-state index contributed by atoms with van der Waals surface area (Å²) in [6.45, 7) is 2.50. The van der Waals surface area contributed by atoms with E-state index in [1.54, 1.807) is 0 Å². The van der Waals surface area contributed by atoms with Gasteiger partial charge in [-0.15, -0.1) is 0 Å². The summed E-state index contributed by atoms with van der Waals surface area (Å²) >= 11 is 0. The van der Waals surface area contributed by atoms with Crippen LogP contribution in [0.5, 0.6) is 0 Å². The highest BCUT2D eigenvalue weighted by molar-refractivity contribution is 5.26. The van der Waals surface area contributed by atoms with Gasteiger partial charge in [-0.05, 0) is 24.1 Å². The van der Waals surface area contributed by atoms with E-state index in [0.29, 0.717) is 18.5 Å². The molecule has 0 aliphatic rings. The molecule has 20 heavy (non-hydrogen) atoms. The Morgan fingerprint density at radius 1 is 1.10 bits per heavy atom. The molecule has 3 N–H and O–H groups in total. The molecule has 0 amide bonds. The molecular formula is C14H20F3NO2. The maximum absolute atomic E-state index is 12.4. The second-order valence-electron chi connectivity index (χ2n) is 4.74. The van der Waals surface area contributed by atoms with Crippen LogP contribution >= 0.6 is 0 Å². The quantitative estimate of drug-likeness (QED) is 0.723. The highest BCUT2D eigenvalue weighted by Gasteiger charge is 2.30. The van der Waals surface area contributed by atoms with Gasteiger partial charge in [-0.3, -0.25) is 0 Å². The lowest BCUT2D eigenvalue weighted by atomic mass is 10.1. The summed E-state index contributed by atoms with van der Waals surface area (Å²) in [5, 5.41) is 22.2. The van der Waals surface area contributed by atoms with Gasteiger partial charge in [-0.25, -0.2) is 0 Å². The van der Waals surface area contributed by atoms with Crippen LogP contribution in [0.15, 0.2) is 24.3 Å². The molecule has 1 aromatic carbocycles. The Hall–Kier alpha value is -1.11. The summed E-state index contributed by atoms with van der Waals surface area (Å²) in [6.07, 6.45) is -4.20. The van der Waals surface area contributed by atoms with Crippen molar-refractivity contribution in [1.29, 1.82) is 0 Å². The van der Waals surface area contributed by atoms with Crippen molar-refractivity contribution in [3.05, 3.63) is 35.4 Å². The van der Waals surface area contributed by atoms with E-state index in [1.165, 1.54) is 12.1 Å². The van der Waals surface area contributed by atoms with Crippen LogP contribution in [-0.2, 0) is 6.18 Å². The number of benzene rings is 1. The van der Waals surface area contributed by atoms with Gasteiger partial charge in [0.2, 0.25) is 0 Å². The molecule has 1 rings (SSSR count). The maximum Gasteiger partial charge on any atom is 0.416 e. The minimum atomic E-state index is -4.37. The first-order valence-electron chi connectivity index (χ1n) is 6.58. The van der Waals surface area contributed by atoms with Crippen molar-refractivity contribution in [3.8, 4) is 0 Å². The van der Waals surface area contributed by atoms with Crippen molar-refractivity contribution in [2.24, 2.45) is 0 Å². The van der Waals surface area contributed by atoms with Gasteiger partial charge in [0.05, 0.1) is 17.8 Å². The van der Waals surface area contributed by atoms with Crippen molar-refractivity contribution in [3.63, 3.8) is 0 Å². The van der Waals surface area contributed by atoms with Crippen molar-refractivity contribution < 1.29 is 23.4 Å². The molecule has 0 saturated heterocycles. The first kappa shape index (κ1) is 16.9. The summed E-state index contributed by atoms with van der Waals surface area (Å²) in [4.78, 5) is 0. The van der Waals surface area contributed by atoms with Gasteiger partial charge in [0, 0.05) is 13.1 Å². The number of halogens is 3. The molecule has 0 aliphatic carbocycles. The van der Waals surface area contributed by atoms with Gasteiger partial charge in [-0.1, -0.05) is 25.5 Å². The maximum atomic E-state index is 12.4. The van der Waals surface area contributed by atoms with E-state index in [2.05, 4.69) is 5.32 Å². The standard InChI is InChI=1S/C14H20F3NO2/c1-2-3-12(19)8-18-9-13(20)10-4-6-11(7-5-10)14(15,16)17/h4-7,12-13,18-20H,2-3,8-9H2,1H3. The molecule has 0 saturated carbocycles.